The lowest BCUT2D eigenvalue weighted by Crippen LogP contribution is -2.29. The Bertz CT molecular complexity index is 1210. The van der Waals surface area contributed by atoms with Gasteiger partial charge >= 0.3 is 0 Å². The SMILES string of the molecule is Cc1ccc(C(=O)N2CCc3ccc(CNS(=O)(=O)c4cccc(Cl)c4)cc32)cc1. The van der Waals surface area contributed by atoms with E-state index < -0.39 is 10.0 Å². The van der Waals surface area contributed by atoms with E-state index in [1.165, 1.54) is 12.1 Å². The molecule has 1 amide bonds. The number of benzene rings is 3. The number of carbonyl (C=O) groups is 1. The summed E-state index contributed by atoms with van der Waals surface area (Å²) in [7, 11) is -3.69. The van der Waals surface area contributed by atoms with E-state index in [9.17, 15) is 13.2 Å². The third kappa shape index (κ3) is 4.26. The Labute approximate surface area is 181 Å². The monoisotopic (exact) mass is 440 g/mol. The molecule has 0 atom stereocenters. The Morgan fingerprint density at radius 3 is 2.57 bits per heavy atom. The molecule has 0 unspecified atom stereocenters. The molecule has 1 N–H and O–H groups in total. The summed E-state index contributed by atoms with van der Waals surface area (Å²) in [6.45, 7) is 2.71. The molecule has 7 heteroatoms. The van der Waals surface area contributed by atoms with Crippen molar-refractivity contribution in [2.45, 2.75) is 24.8 Å². The van der Waals surface area contributed by atoms with Crippen LogP contribution in [0.2, 0.25) is 5.02 Å². The van der Waals surface area contributed by atoms with Crippen molar-refractivity contribution in [3.63, 3.8) is 0 Å². The molecule has 1 aliphatic heterocycles. The van der Waals surface area contributed by atoms with Crippen molar-refractivity contribution in [3.05, 3.63) is 94.0 Å². The maximum absolute atomic E-state index is 13.0. The lowest BCUT2D eigenvalue weighted by atomic mass is 10.1. The molecule has 30 heavy (non-hydrogen) atoms. The van der Waals surface area contributed by atoms with Crippen LogP contribution in [0.5, 0.6) is 0 Å². The highest BCUT2D eigenvalue weighted by molar-refractivity contribution is 7.89. The number of hydrogen-bond donors (Lipinski definition) is 1. The summed E-state index contributed by atoms with van der Waals surface area (Å²) in [6, 6.07) is 19.4. The first-order chi connectivity index (χ1) is 14.3. The molecule has 0 saturated heterocycles. The summed E-state index contributed by atoms with van der Waals surface area (Å²) in [6.07, 6.45) is 0.779. The number of amides is 1. The van der Waals surface area contributed by atoms with Crippen LogP contribution in [0, 0.1) is 6.92 Å². The average molecular weight is 441 g/mol. The van der Waals surface area contributed by atoms with Crippen LogP contribution in [0.1, 0.15) is 27.0 Å². The minimum atomic E-state index is -3.69. The zero-order chi connectivity index (χ0) is 21.3. The Kier molecular flexibility index (Phi) is 5.64. The molecular weight excluding hydrogens is 420 g/mol. The number of hydrogen-bond acceptors (Lipinski definition) is 3. The van der Waals surface area contributed by atoms with E-state index in [0.717, 1.165) is 28.8 Å². The summed E-state index contributed by atoms with van der Waals surface area (Å²) < 4.78 is 27.7. The maximum Gasteiger partial charge on any atom is 0.258 e. The number of anilines is 1. The van der Waals surface area contributed by atoms with Crippen molar-refractivity contribution in [1.29, 1.82) is 0 Å². The van der Waals surface area contributed by atoms with Crippen LogP contribution in [-0.4, -0.2) is 20.9 Å². The molecule has 5 nitrogen and oxygen atoms in total. The van der Waals surface area contributed by atoms with Crippen molar-refractivity contribution in [1.82, 2.24) is 4.72 Å². The van der Waals surface area contributed by atoms with Crippen LogP contribution in [0.3, 0.4) is 0 Å². The van der Waals surface area contributed by atoms with Gasteiger partial charge in [0.15, 0.2) is 0 Å². The second-order valence-electron chi connectivity index (χ2n) is 7.32. The molecule has 3 aromatic carbocycles. The van der Waals surface area contributed by atoms with Crippen molar-refractivity contribution in [2.24, 2.45) is 0 Å². The number of fused-ring (bicyclic) bond motifs is 1. The summed E-state index contributed by atoms with van der Waals surface area (Å²) in [4.78, 5) is 14.8. The van der Waals surface area contributed by atoms with Gasteiger partial charge in [-0.3, -0.25) is 4.79 Å². The van der Waals surface area contributed by atoms with Crippen molar-refractivity contribution < 1.29 is 13.2 Å². The highest BCUT2D eigenvalue weighted by Gasteiger charge is 2.26. The fourth-order valence-corrected chi connectivity index (χ4v) is 4.81. The van der Waals surface area contributed by atoms with Crippen molar-refractivity contribution >= 4 is 33.2 Å². The van der Waals surface area contributed by atoms with Crippen LogP contribution in [0.4, 0.5) is 5.69 Å². The fourth-order valence-electron chi connectivity index (χ4n) is 3.49. The van der Waals surface area contributed by atoms with Crippen LogP contribution in [-0.2, 0) is 23.0 Å². The fraction of sp³-hybridized carbons (Fsp3) is 0.174. The number of sulfonamides is 1. The first-order valence-electron chi connectivity index (χ1n) is 9.59. The van der Waals surface area contributed by atoms with E-state index in [2.05, 4.69) is 4.72 Å². The average Bonchev–Trinajstić information content (AvgIpc) is 3.15. The van der Waals surface area contributed by atoms with Gasteiger partial charge in [-0.15, -0.1) is 0 Å². The summed E-state index contributed by atoms with van der Waals surface area (Å²) in [5.74, 6) is -0.0505. The molecule has 1 aliphatic rings. The minimum absolute atomic E-state index is 0.0505. The number of halogens is 1. The van der Waals surface area contributed by atoms with E-state index in [0.29, 0.717) is 17.1 Å². The van der Waals surface area contributed by atoms with Gasteiger partial charge in [0, 0.05) is 29.4 Å². The van der Waals surface area contributed by atoms with Crippen LogP contribution in [0.15, 0.2) is 71.6 Å². The summed E-state index contributed by atoms with van der Waals surface area (Å²) in [5.41, 5.74) is 4.43. The molecular formula is C23H21ClN2O3S. The molecule has 0 radical (unpaired) electrons. The number of nitrogens with zero attached hydrogens (tertiary/aromatic N) is 1. The number of carbonyl (C=O) groups excluding carboxylic acids is 1. The van der Waals surface area contributed by atoms with Crippen LogP contribution in [0.25, 0.3) is 0 Å². The number of aryl methyl sites for hydroxylation is 1. The quantitative estimate of drug-likeness (QED) is 0.642. The predicted molar refractivity (Wildman–Crippen MR) is 118 cm³/mol. The summed E-state index contributed by atoms with van der Waals surface area (Å²) >= 11 is 5.91. The Morgan fingerprint density at radius 2 is 1.83 bits per heavy atom. The van der Waals surface area contributed by atoms with Crippen LogP contribution < -0.4 is 9.62 Å². The van der Waals surface area contributed by atoms with Gasteiger partial charge in [0.05, 0.1) is 4.90 Å². The van der Waals surface area contributed by atoms with Gasteiger partial charge in [0.2, 0.25) is 10.0 Å². The molecule has 0 aromatic heterocycles. The van der Waals surface area contributed by atoms with Gasteiger partial charge in [-0.25, -0.2) is 13.1 Å². The molecule has 0 fully saturated rings. The maximum atomic E-state index is 13.0. The molecule has 154 valence electrons. The van der Waals surface area contributed by atoms with Gasteiger partial charge in [-0.05, 0) is 60.9 Å². The largest absolute Gasteiger partial charge is 0.308 e. The van der Waals surface area contributed by atoms with Gasteiger partial charge in [0.25, 0.3) is 5.91 Å². The Balaban J connectivity index is 1.53. The van der Waals surface area contributed by atoms with Gasteiger partial charge in [-0.2, -0.15) is 0 Å². The second-order valence-corrected chi connectivity index (χ2v) is 9.52. The van der Waals surface area contributed by atoms with Gasteiger partial charge < -0.3 is 4.90 Å². The lowest BCUT2D eigenvalue weighted by Gasteiger charge is -2.18. The smallest absolute Gasteiger partial charge is 0.258 e. The molecule has 0 bridgehead atoms. The zero-order valence-corrected chi connectivity index (χ0v) is 18.0. The highest BCUT2D eigenvalue weighted by Crippen LogP contribution is 2.30. The Hall–Kier alpha value is -2.67. The first-order valence-corrected chi connectivity index (χ1v) is 11.5. The third-order valence-corrected chi connectivity index (χ3v) is 6.80. The van der Waals surface area contributed by atoms with E-state index >= 15 is 0 Å². The Morgan fingerprint density at radius 1 is 1.07 bits per heavy atom. The zero-order valence-electron chi connectivity index (χ0n) is 16.4. The van der Waals surface area contributed by atoms with Crippen molar-refractivity contribution in [2.75, 3.05) is 11.4 Å². The minimum Gasteiger partial charge on any atom is -0.308 e. The molecule has 4 rings (SSSR count). The van der Waals surface area contributed by atoms with E-state index in [1.54, 1.807) is 17.0 Å². The van der Waals surface area contributed by atoms with E-state index in [-0.39, 0.29) is 17.3 Å². The van der Waals surface area contributed by atoms with E-state index in [1.807, 2.05) is 49.4 Å². The molecule has 1 heterocycles. The lowest BCUT2D eigenvalue weighted by molar-refractivity contribution is 0.0989. The number of rotatable bonds is 5. The van der Waals surface area contributed by atoms with Crippen LogP contribution >= 0.6 is 11.6 Å². The molecule has 0 spiro atoms. The highest BCUT2D eigenvalue weighted by atomic mass is 35.5. The molecule has 3 aromatic rings. The third-order valence-electron chi connectivity index (χ3n) is 5.16. The van der Waals surface area contributed by atoms with Gasteiger partial charge in [0.1, 0.15) is 0 Å². The normalized spacial score (nSPS) is 13.3. The second kappa shape index (κ2) is 8.22. The molecule has 0 saturated carbocycles. The predicted octanol–water partition coefficient (Wildman–Crippen LogP) is 4.33. The van der Waals surface area contributed by atoms with E-state index in [4.69, 9.17) is 11.6 Å². The van der Waals surface area contributed by atoms with Crippen molar-refractivity contribution in [3.8, 4) is 0 Å². The number of nitrogens with one attached hydrogen (secondary N) is 1. The summed E-state index contributed by atoms with van der Waals surface area (Å²) in [5, 5.41) is 0.362. The van der Waals surface area contributed by atoms with Gasteiger partial charge in [-0.1, -0.05) is 47.5 Å². The standard InChI is InChI=1S/C23H21ClN2O3S/c1-16-5-8-19(9-6-16)23(27)26-12-11-18-10-7-17(13-22(18)26)15-25-30(28,29)21-4-2-3-20(24)14-21/h2-10,13-14,25H,11-12,15H2,1H3. The topological polar surface area (TPSA) is 66.5 Å². The first kappa shape index (κ1) is 20.6. The molecule has 0 aliphatic carbocycles.